The van der Waals surface area contributed by atoms with E-state index in [1.807, 2.05) is 0 Å². The molecule has 1 amide bonds. The van der Waals surface area contributed by atoms with Crippen LogP contribution in [0.3, 0.4) is 0 Å². The fourth-order valence-corrected chi connectivity index (χ4v) is 2.76. The number of hydrogen-bond acceptors (Lipinski definition) is 7. The number of hydrogen-bond donors (Lipinski definition) is 4. The molecule has 126 valence electrons. The quantitative estimate of drug-likeness (QED) is 0.674. The van der Waals surface area contributed by atoms with Gasteiger partial charge in [-0.15, -0.1) is 0 Å². The topological polar surface area (TPSA) is 118 Å². The predicted octanol–water partition coefficient (Wildman–Crippen LogP) is 1.80. The van der Waals surface area contributed by atoms with Crippen molar-refractivity contribution in [3.8, 4) is 0 Å². The van der Waals surface area contributed by atoms with Crippen molar-refractivity contribution in [1.29, 1.82) is 0 Å². The lowest BCUT2D eigenvalue weighted by Gasteiger charge is -2.22. The van der Waals surface area contributed by atoms with Gasteiger partial charge in [0.25, 0.3) is 0 Å². The van der Waals surface area contributed by atoms with E-state index in [0.29, 0.717) is 10.7 Å². The summed E-state index contributed by atoms with van der Waals surface area (Å²) < 4.78 is 5.90. The molecular weight excluding hydrogens is 318 g/mol. The van der Waals surface area contributed by atoms with Gasteiger partial charge in [-0.2, -0.15) is 0 Å². The van der Waals surface area contributed by atoms with Crippen LogP contribution < -0.4 is 11.1 Å². The van der Waals surface area contributed by atoms with Gasteiger partial charge in [-0.05, 0) is 38.5 Å². The Morgan fingerprint density at radius 3 is 2.78 bits per heavy atom. The summed E-state index contributed by atoms with van der Waals surface area (Å²) in [4.78, 5) is 15.7. The maximum Gasteiger partial charge on any atom is 0.407 e. The van der Waals surface area contributed by atoms with Crippen molar-refractivity contribution in [3.05, 3.63) is 23.8 Å². The van der Waals surface area contributed by atoms with E-state index < -0.39 is 23.9 Å². The number of alkyl carbamates (subject to hydrolysis) is 1. The van der Waals surface area contributed by atoms with Gasteiger partial charge in [0, 0.05) is 6.54 Å². The summed E-state index contributed by atoms with van der Waals surface area (Å²) >= 11 is 1.30. The van der Waals surface area contributed by atoms with Gasteiger partial charge in [0.15, 0.2) is 5.13 Å². The zero-order valence-corrected chi connectivity index (χ0v) is 14.1. The van der Waals surface area contributed by atoms with Gasteiger partial charge in [0.2, 0.25) is 0 Å². The zero-order chi connectivity index (χ0) is 17.2. The van der Waals surface area contributed by atoms with Crippen LogP contribution in [0, 0.1) is 0 Å². The number of aromatic nitrogens is 1. The number of amides is 1. The smallest absolute Gasteiger partial charge is 0.407 e. The molecule has 0 saturated heterocycles. The van der Waals surface area contributed by atoms with Gasteiger partial charge in [0.1, 0.15) is 17.8 Å². The third kappa shape index (κ3) is 4.78. The number of rotatable bonds is 4. The highest BCUT2D eigenvalue weighted by atomic mass is 32.1. The molecule has 8 heteroatoms. The molecule has 0 aliphatic rings. The normalized spacial score (nSPS) is 14.5. The van der Waals surface area contributed by atoms with Crippen LogP contribution in [0.4, 0.5) is 9.93 Å². The molecule has 2 atom stereocenters. The first-order valence-corrected chi connectivity index (χ1v) is 7.96. The van der Waals surface area contributed by atoms with Crippen LogP contribution >= 0.6 is 11.3 Å². The molecule has 0 bridgehead atoms. The fraction of sp³-hybridized carbons (Fsp3) is 0.467. The molecule has 0 saturated carbocycles. The summed E-state index contributed by atoms with van der Waals surface area (Å²) in [6.07, 6.45) is -2.95. The van der Waals surface area contributed by atoms with Crippen molar-refractivity contribution < 1.29 is 19.7 Å². The highest BCUT2D eigenvalue weighted by Crippen LogP contribution is 2.27. The second-order valence-electron chi connectivity index (χ2n) is 6.17. The number of thiazole rings is 1. The Morgan fingerprint density at radius 2 is 2.13 bits per heavy atom. The third-order valence-corrected chi connectivity index (χ3v) is 3.84. The molecule has 5 N–H and O–H groups in total. The van der Waals surface area contributed by atoms with E-state index in [4.69, 9.17) is 10.5 Å². The highest BCUT2D eigenvalue weighted by molar-refractivity contribution is 7.22. The monoisotopic (exact) mass is 339 g/mol. The lowest BCUT2D eigenvalue weighted by atomic mass is 10.0. The summed E-state index contributed by atoms with van der Waals surface area (Å²) in [5, 5.41) is 23.1. The third-order valence-electron chi connectivity index (χ3n) is 2.99. The van der Waals surface area contributed by atoms with Crippen molar-refractivity contribution >= 4 is 32.8 Å². The molecule has 1 aromatic carbocycles. The van der Waals surface area contributed by atoms with E-state index >= 15 is 0 Å². The molecule has 1 heterocycles. The van der Waals surface area contributed by atoms with Crippen molar-refractivity contribution in [1.82, 2.24) is 10.3 Å². The molecule has 0 aliphatic heterocycles. The molecular formula is C15H21N3O4S. The lowest BCUT2D eigenvalue weighted by molar-refractivity contribution is 0.0130. The maximum absolute atomic E-state index is 11.6. The average Bonchev–Trinajstić information content (AvgIpc) is 2.81. The number of anilines is 1. The standard InChI is InChI=1S/C15H21N3O4S/c1-15(2,3)22-14(21)17-7-10(19)12(20)8-4-5-9-11(6-8)23-13(16)18-9/h4-6,10,12,19-20H,7H2,1-3H3,(H2,16,18)(H,17,21). The molecule has 0 fully saturated rings. The minimum absolute atomic E-state index is 0.126. The molecule has 2 unspecified atom stereocenters. The second-order valence-corrected chi connectivity index (χ2v) is 7.24. The molecule has 0 aliphatic carbocycles. The lowest BCUT2D eigenvalue weighted by Crippen LogP contribution is -2.38. The number of aliphatic hydroxyl groups is 2. The van der Waals surface area contributed by atoms with Crippen molar-refractivity contribution in [3.63, 3.8) is 0 Å². The number of nitrogens with one attached hydrogen (secondary N) is 1. The van der Waals surface area contributed by atoms with Gasteiger partial charge in [-0.25, -0.2) is 9.78 Å². The summed E-state index contributed by atoms with van der Waals surface area (Å²) in [5.41, 5.74) is 6.29. The van der Waals surface area contributed by atoms with Gasteiger partial charge in [0.05, 0.1) is 10.2 Å². The van der Waals surface area contributed by atoms with Crippen LogP contribution in [0.5, 0.6) is 0 Å². The molecule has 0 spiro atoms. The predicted molar refractivity (Wildman–Crippen MR) is 89.2 cm³/mol. The van der Waals surface area contributed by atoms with Crippen molar-refractivity contribution in [2.45, 2.75) is 38.6 Å². The number of nitrogen functional groups attached to an aromatic ring is 1. The minimum atomic E-state index is -1.16. The minimum Gasteiger partial charge on any atom is -0.444 e. The Kier molecular flexibility index (Phi) is 5.08. The largest absolute Gasteiger partial charge is 0.444 e. The highest BCUT2D eigenvalue weighted by Gasteiger charge is 2.22. The first kappa shape index (κ1) is 17.5. The van der Waals surface area contributed by atoms with Gasteiger partial charge < -0.3 is 26.0 Å². The van der Waals surface area contributed by atoms with Crippen LogP contribution in [0.2, 0.25) is 0 Å². The van der Waals surface area contributed by atoms with Crippen molar-refractivity contribution in [2.75, 3.05) is 12.3 Å². The van der Waals surface area contributed by atoms with E-state index in [9.17, 15) is 15.0 Å². The zero-order valence-electron chi connectivity index (χ0n) is 13.2. The van der Waals surface area contributed by atoms with Crippen LogP contribution in [-0.4, -0.2) is 39.5 Å². The number of aliphatic hydroxyl groups excluding tert-OH is 2. The summed E-state index contributed by atoms with van der Waals surface area (Å²) in [7, 11) is 0. The number of nitrogens with zero attached hydrogens (tertiary/aromatic N) is 1. The summed E-state index contributed by atoms with van der Waals surface area (Å²) in [5.74, 6) is 0. The fourth-order valence-electron chi connectivity index (χ4n) is 1.98. The van der Waals surface area contributed by atoms with Gasteiger partial charge in [-0.1, -0.05) is 17.4 Å². The molecule has 7 nitrogen and oxygen atoms in total. The van der Waals surface area contributed by atoms with Crippen LogP contribution in [0.25, 0.3) is 10.2 Å². The Balaban J connectivity index is 1.97. The Hall–Kier alpha value is -1.90. The Morgan fingerprint density at radius 1 is 1.43 bits per heavy atom. The Bertz CT molecular complexity index is 696. The molecule has 2 rings (SSSR count). The molecule has 23 heavy (non-hydrogen) atoms. The first-order chi connectivity index (χ1) is 10.7. The van der Waals surface area contributed by atoms with Crippen molar-refractivity contribution in [2.24, 2.45) is 0 Å². The van der Waals surface area contributed by atoms with Gasteiger partial charge in [-0.3, -0.25) is 0 Å². The van der Waals surface area contributed by atoms with Gasteiger partial charge >= 0.3 is 6.09 Å². The van der Waals surface area contributed by atoms with E-state index in [1.165, 1.54) is 11.3 Å². The molecule has 1 aromatic heterocycles. The SMILES string of the molecule is CC(C)(C)OC(=O)NCC(O)C(O)c1ccc2nc(N)sc2c1. The number of carbonyl (C=O) groups excluding carboxylic acids is 1. The molecule has 2 aromatic rings. The summed E-state index contributed by atoms with van der Waals surface area (Å²) in [6, 6.07) is 5.13. The second kappa shape index (κ2) is 6.69. The van der Waals surface area contributed by atoms with E-state index in [0.717, 1.165) is 10.2 Å². The van der Waals surface area contributed by atoms with E-state index in [-0.39, 0.29) is 6.54 Å². The Labute approximate surface area is 138 Å². The molecule has 0 radical (unpaired) electrons. The number of fused-ring (bicyclic) bond motifs is 1. The van der Waals surface area contributed by atoms with E-state index in [1.54, 1.807) is 39.0 Å². The van der Waals surface area contributed by atoms with Crippen LogP contribution in [0.1, 0.15) is 32.4 Å². The first-order valence-electron chi connectivity index (χ1n) is 7.14. The van der Waals surface area contributed by atoms with Crippen LogP contribution in [0.15, 0.2) is 18.2 Å². The number of carbonyl (C=O) groups is 1. The maximum atomic E-state index is 11.6. The number of nitrogens with two attached hydrogens (primary N) is 1. The number of benzene rings is 1. The summed E-state index contributed by atoms with van der Waals surface area (Å²) in [6.45, 7) is 5.11. The van der Waals surface area contributed by atoms with E-state index in [2.05, 4.69) is 10.3 Å². The van der Waals surface area contributed by atoms with Crippen LogP contribution in [-0.2, 0) is 4.74 Å². The average molecular weight is 339 g/mol. The number of ether oxygens (including phenoxy) is 1.